The Balaban J connectivity index is 1.76. The largest absolute Gasteiger partial charge is 0.494 e. The molecule has 0 aliphatic heterocycles. The molecule has 0 amide bonds. The van der Waals surface area contributed by atoms with Gasteiger partial charge in [0.15, 0.2) is 0 Å². The zero-order chi connectivity index (χ0) is 22.1. The summed E-state index contributed by atoms with van der Waals surface area (Å²) in [6.45, 7) is 4.58. The van der Waals surface area contributed by atoms with Crippen molar-refractivity contribution in [3.05, 3.63) is 84.8 Å². The first-order valence-corrected chi connectivity index (χ1v) is 10.5. The van der Waals surface area contributed by atoms with E-state index in [2.05, 4.69) is 4.98 Å². The Morgan fingerprint density at radius 2 is 1.69 bits per heavy atom. The molecule has 2 aromatic carbocycles. The van der Waals surface area contributed by atoms with E-state index in [1.807, 2.05) is 97.4 Å². The molecule has 5 rings (SSSR count). The maximum absolute atomic E-state index is 6.41. The van der Waals surface area contributed by atoms with Gasteiger partial charge in [-0.3, -0.25) is 9.38 Å². The average molecular weight is 422 g/mol. The Labute approximate surface area is 186 Å². The third kappa shape index (κ3) is 3.56. The van der Waals surface area contributed by atoms with E-state index in [-0.39, 0.29) is 0 Å². The first-order chi connectivity index (χ1) is 15.6. The molecule has 0 spiro atoms. The lowest BCUT2D eigenvalue weighted by Gasteiger charge is -2.13. The number of nitrogen functional groups attached to an aromatic ring is 1. The molecule has 158 valence electrons. The van der Waals surface area contributed by atoms with E-state index in [0.717, 1.165) is 50.7 Å². The minimum absolute atomic E-state index is 0.387. The molecule has 0 saturated carbocycles. The number of rotatable bonds is 5. The van der Waals surface area contributed by atoms with Crippen LogP contribution < -0.4 is 10.5 Å². The van der Waals surface area contributed by atoms with Crippen LogP contribution in [0.4, 0.5) is 5.95 Å². The van der Waals surface area contributed by atoms with Crippen molar-refractivity contribution < 1.29 is 4.74 Å². The van der Waals surface area contributed by atoms with E-state index in [9.17, 15) is 0 Å². The van der Waals surface area contributed by atoms with Gasteiger partial charge < -0.3 is 10.5 Å². The van der Waals surface area contributed by atoms with Gasteiger partial charge in [0.2, 0.25) is 5.95 Å². The van der Waals surface area contributed by atoms with Gasteiger partial charge in [-0.1, -0.05) is 30.3 Å². The lowest BCUT2D eigenvalue weighted by molar-refractivity contribution is 0.340. The molecular weight excluding hydrogens is 398 g/mol. The van der Waals surface area contributed by atoms with Gasteiger partial charge in [-0.15, -0.1) is 0 Å². The average Bonchev–Trinajstić information content (AvgIpc) is 3.26. The molecule has 32 heavy (non-hydrogen) atoms. The number of anilines is 1. The second-order valence-electron chi connectivity index (χ2n) is 7.52. The SMILES string of the molecule is CCOc1ccc(-c2cn3c(N)nc(-c4ccccc4)c(-c4ccnc(C)c4)c3n2)cc1. The predicted octanol–water partition coefficient (Wildman–Crippen LogP) is 5.41. The number of fused-ring (bicyclic) bond motifs is 1. The third-order valence-electron chi connectivity index (χ3n) is 5.33. The normalized spacial score (nSPS) is 11.1. The predicted molar refractivity (Wildman–Crippen MR) is 127 cm³/mol. The van der Waals surface area contributed by atoms with Gasteiger partial charge in [0.1, 0.15) is 11.4 Å². The zero-order valence-corrected chi connectivity index (χ0v) is 18.0. The molecule has 0 aliphatic carbocycles. The van der Waals surface area contributed by atoms with E-state index in [1.54, 1.807) is 0 Å². The summed E-state index contributed by atoms with van der Waals surface area (Å²) in [6, 6.07) is 22.0. The van der Waals surface area contributed by atoms with Crippen molar-refractivity contribution in [2.24, 2.45) is 0 Å². The number of aryl methyl sites for hydroxylation is 1. The van der Waals surface area contributed by atoms with Gasteiger partial charge >= 0.3 is 0 Å². The van der Waals surface area contributed by atoms with E-state index in [4.69, 9.17) is 20.4 Å². The fraction of sp³-hybridized carbons (Fsp3) is 0.115. The molecule has 5 aromatic rings. The van der Waals surface area contributed by atoms with Gasteiger partial charge in [0.25, 0.3) is 0 Å². The topological polar surface area (TPSA) is 78.3 Å². The summed E-state index contributed by atoms with van der Waals surface area (Å²) >= 11 is 0. The quantitative estimate of drug-likeness (QED) is 0.410. The van der Waals surface area contributed by atoms with Gasteiger partial charge in [0, 0.05) is 29.2 Å². The van der Waals surface area contributed by atoms with Crippen molar-refractivity contribution in [3.63, 3.8) is 0 Å². The molecule has 3 heterocycles. The van der Waals surface area contributed by atoms with Crippen LogP contribution in [0.5, 0.6) is 5.75 Å². The highest BCUT2D eigenvalue weighted by Crippen LogP contribution is 2.36. The zero-order valence-electron chi connectivity index (χ0n) is 18.0. The fourth-order valence-corrected chi connectivity index (χ4v) is 3.86. The molecule has 0 aliphatic rings. The maximum atomic E-state index is 6.41. The Hall–Kier alpha value is -4.19. The fourth-order valence-electron chi connectivity index (χ4n) is 3.86. The van der Waals surface area contributed by atoms with Crippen molar-refractivity contribution >= 4 is 11.6 Å². The van der Waals surface area contributed by atoms with Crippen molar-refractivity contribution in [3.8, 4) is 39.4 Å². The number of aromatic nitrogens is 4. The van der Waals surface area contributed by atoms with Gasteiger partial charge in [-0.2, -0.15) is 0 Å². The first-order valence-electron chi connectivity index (χ1n) is 10.5. The van der Waals surface area contributed by atoms with Crippen LogP contribution in [0.2, 0.25) is 0 Å². The summed E-state index contributed by atoms with van der Waals surface area (Å²) < 4.78 is 7.42. The first kappa shape index (κ1) is 19.8. The van der Waals surface area contributed by atoms with Crippen LogP contribution in [0.15, 0.2) is 79.1 Å². The monoisotopic (exact) mass is 421 g/mol. The summed E-state index contributed by atoms with van der Waals surface area (Å²) in [5, 5.41) is 0. The Morgan fingerprint density at radius 3 is 2.41 bits per heavy atom. The number of hydrogen-bond acceptors (Lipinski definition) is 5. The van der Waals surface area contributed by atoms with Crippen LogP contribution in [-0.4, -0.2) is 26.0 Å². The second kappa shape index (κ2) is 8.15. The van der Waals surface area contributed by atoms with Gasteiger partial charge in [0.05, 0.1) is 23.6 Å². The number of pyridine rings is 1. The minimum atomic E-state index is 0.387. The van der Waals surface area contributed by atoms with Crippen LogP contribution in [0.3, 0.4) is 0 Å². The highest BCUT2D eigenvalue weighted by molar-refractivity contribution is 5.91. The number of hydrogen-bond donors (Lipinski definition) is 1. The maximum Gasteiger partial charge on any atom is 0.206 e. The number of nitrogens with zero attached hydrogens (tertiary/aromatic N) is 4. The van der Waals surface area contributed by atoms with Crippen LogP contribution in [-0.2, 0) is 0 Å². The molecule has 0 saturated heterocycles. The summed E-state index contributed by atoms with van der Waals surface area (Å²) in [6.07, 6.45) is 3.74. The van der Waals surface area contributed by atoms with E-state index >= 15 is 0 Å². The van der Waals surface area contributed by atoms with Crippen LogP contribution in [0.25, 0.3) is 39.3 Å². The molecule has 2 N–H and O–H groups in total. The van der Waals surface area contributed by atoms with E-state index in [0.29, 0.717) is 12.6 Å². The Morgan fingerprint density at radius 1 is 0.906 bits per heavy atom. The lowest BCUT2D eigenvalue weighted by atomic mass is 10.0. The molecule has 6 nitrogen and oxygen atoms in total. The Bertz CT molecular complexity index is 1390. The lowest BCUT2D eigenvalue weighted by Crippen LogP contribution is -2.04. The highest BCUT2D eigenvalue weighted by atomic mass is 16.5. The van der Waals surface area contributed by atoms with Gasteiger partial charge in [-0.25, -0.2) is 9.97 Å². The van der Waals surface area contributed by atoms with Crippen molar-refractivity contribution in [1.82, 2.24) is 19.4 Å². The van der Waals surface area contributed by atoms with Crippen molar-refractivity contribution in [2.45, 2.75) is 13.8 Å². The minimum Gasteiger partial charge on any atom is -0.494 e. The van der Waals surface area contributed by atoms with E-state index in [1.165, 1.54) is 0 Å². The third-order valence-corrected chi connectivity index (χ3v) is 5.33. The molecule has 0 bridgehead atoms. The molecule has 0 fully saturated rings. The second-order valence-corrected chi connectivity index (χ2v) is 7.52. The highest BCUT2D eigenvalue weighted by Gasteiger charge is 2.19. The summed E-state index contributed by atoms with van der Waals surface area (Å²) in [5.74, 6) is 1.22. The molecule has 0 radical (unpaired) electrons. The summed E-state index contributed by atoms with van der Waals surface area (Å²) in [5.41, 5.74) is 13.6. The standard InChI is InChI=1S/C26H23N5O/c1-3-32-21-11-9-18(10-12-21)22-16-31-25(29-22)23(20-13-14-28-17(2)15-20)24(30-26(31)27)19-7-5-4-6-8-19/h4-16H,3H2,1-2H3,(H2,27,30). The van der Waals surface area contributed by atoms with Crippen LogP contribution in [0.1, 0.15) is 12.6 Å². The summed E-state index contributed by atoms with van der Waals surface area (Å²) in [7, 11) is 0. The number of ether oxygens (including phenoxy) is 1. The van der Waals surface area contributed by atoms with E-state index < -0.39 is 0 Å². The van der Waals surface area contributed by atoms with Crippen molar-refractivity contribution in [1.29, 1.82) is 0 Å². The molecule has 0 unspecified atom stereocenters. The molecule has 0 atom stereocenters. The number of nitrogens with two attached hydrogens (primary N) is 1. The molecule has 6 heteroatoms. The Kier molecular flexibility index (Phi) is 5.03. The van der Waals surface area contributed by atoms with Gasteiger partial charge in [-0.05, 0) is 55.8 Å². The molecule has 3 aromatic heterocycles. The van der Waals surface area contributed by atoms with Crippen LogP contribution in [0, 0.1) is 6.92 Å². The number of imidazole rings is 1. The molecular formula is C26H23N5O. The van der Waals surface area contributed by atoms with Crippen LogP contribution >= 0.6 is 0 Å². The summed E-state index contributed by atoms with van der Waals surface area (Å²) in [4.78, 5) is 14.1. The number of benzene rings is 2. The van der Waals surface area contributed by atoms with Crippen molar-refractivity contribution in [2.75, 3.05) is 12.3 Å². The smallest absolute Gasteiger partial charge is 0.206 e.